The highest BCUT2D eigenvalue weighted by Crippen LogP contribution is 2.16. The Hall–Kier alpha value is -2.83. The number of hydrogen-bond donors (Lipinski definition) is 3. The van der Waals surface area contributed by atoms with E-state index < -0.39 is 5.92 Å². The number of imidazole rings is 1. The molecule has 0 aliphatic carbocycles. The lowest BCUT2D eigenvalue weighted by Gasteiger charge is -2.15. The van der Waals surface area contributed by atoms with Crippen LogP contribution in [0.15, 0.2) is 47.9 Å². The van der Waals surface area contributed by atoms with Crippen molar-refractivity contribution < 1.29 is 10.0 Å². The van der Waals surface area contributed by atoms with Gasteiger partial charge in [0.2, 0.25) is 5.91 Å². The molecule has 110 valence electrons. The minimum absolute atomic E-state index is 0.154. The first-order valence-electron chi connectivity index (χ1n) is 6.39. The summed E-state index contributed by atoms with van der Waals surface area (Å²) >= 11 is 0. The summed E-state index contributed by atoms with van der Waals surface area (Å²) in [6, 6.07) is 8.92. The molecule has 0 saturated carbocycles. The normalized spacial score (nSPS) is 12.9. The molecule has 1 aromatic heterocycles. The topological polar surface area (TPSA) is 106 Å². The Morgan fingerprint density at radius 1 is 1.48 bits per heavy atom. The van der Waals surface area contributed by atoms with Crippen LogP contribution in [-0.4, -0.2) is 26.5 Å². The van der Waals surface area contributed by atoms with Crippen LogP contribution in [0.5, 0.6) is 0 Å². The maximum absolute atomic E-state index is 12.3. The van der Waals surface area contributed by atoms with Crippen LogP contribution >= 0.6 is 0 Å². The number of carbonyl (C=O) groups is 1. The molecule has 0 bridgehead atoms. The van der Waals surface area contributed by atoms with E-state index in [0.717, 1.165) is 5.82 Å². The average molecular weight is 287 g/mol. The van der Waals surface area contributed by atoms with Crippen LogP contribution < -0.4 is 11.1 Å². The number of nitrogens with one attached hydrogen (secondary N) is 1. The number of amidine groups is 1. The lowest BCUT2D eigenvalue weighted by molar-refractivity contribution is -0.121. The molecule has 0 radical (unpaired) electrons. The minimum atomic E-state index is -0.837. The minimum Gasteiger partial charge on any atom is -0.409 e. The Balaban J connectivity index is 2.14. The van der Waals surface area contributed by atoms with E-state index in [2.05, 4.69) is 15.5 Å². The first-order chi connectivity index (χ1) is 10.1. The molecule has 0 aliphatic heterocycles. The summed E-state index contributed by atoms with van der Waals surface area (Å²) in [4.78, 5) is 16.5. The maximum Gasteiger partial charge on any atom is 0.235 e. The number of nitrogens with two attached hydrogens (primary N) is 1. The molecule has 7 nitrogen and oxygen atoms in total. The molecule has 1 amide bonds. The predicted molar refractivity (Wildman–Crippen MR) is 77.6 cm³/mol. The van der Waals surface area contributed by atoms with Crippen molar-refractivity contribution in [2.24, 2.45) is 17.9 Å². The van der Waals surface area contributed by atoms with Gasteiger partial charge >= 0.3 is 0 Å². The SMILES string of the molecule is Cn1ccnc1CNC(=O)C(C(N)=NO)c1ccccc1. The number of carbonyl (C=O) groups excluding carboxylic acids is 1. The molecule has 1 atom stereocenters. The summed E-state index contributed by atoms with van der Waals surface area (Å²) in [5, 5.41) is 14.6. The molecule has 2 aromatic rings. The van der Waals surface area contributed by atoms with Crippen molar-refractivity contribution in [1.29, 1.82) is 0 Å². The number of benzene rings is 1. The van der Waals surface area contributed by atoms with Crippen molar-refractivity contribution in [3.8, 4) is 0 Å². The van der Waals surface area contributed by atoms with Crippen LogP contribution in [0.2, 0.25) is 0 Å². The first kappa shape index (κ1) is 14.6. The van der Waals surface area contributed by atoms with Gasteiger partial charge in [-0.25, -0.2) is 4.98 Å². The van der Waals surface area contributed by atoms with Gasteiger partial charge in [-0.3, -0.25) is 4.79 Å². The summed E-state index contributed by atoms with van der Waals surface area (Å²) < 4.78 is 1.81. The van der Waals surface area contributed by atoms with E-state index in [1.54, 1.807) is 41.2 Å². The highest BCUT2D eigenvalue weighted by atomic mass is 16.4. The van der Waals surface area contributed by atoms with E-state index in [1.807, 2.05) is 13.1 Å². The molecule has 21 heavy (non-hydrogen) atoms. The second kappa shape index (κ2) is 6.56. The van der Waals surface area contributed by atoms with Crippen molar-refractivity contribution in [2.75, 3.05) is 0 Å². The van der Waals surface area contributed by atoms with Crippen LogP contribution in [0.3, 0.4) is 0 Å². The molecule has 1 unspecified atom stereocenters. The fraction of sp³-hybridized carbons (Fsp3) is 0.214. The highest BCUT2D eigenvalue weighted by Gasteiger charge is 2.25. The predicted octanol–water partition coefficient (Wildman–Crippen LogP) is 0.567. The van der Waals surface area contributed by atoms with Gasteiger partial charge in [0.15, 0.2) is 5.84 Å². The van der Waals surface area contributed by atoms with Gasteiger partial charge in [0.05, 0.1) is 6.54 Å². The molecule has 4 N–H and O–H groups in total. The van der Waals surface area contributed by atoms with Crippen LogP contribution in [0.4, 0.5) is 0 Å². The van der Waals surface area contributed by atoms with Crippen LogP contribution in [0.1, 0.15) is 17.3 Å². The zero-order chi connectivity index (χ0) is 15.2. The lowest BCUT2D eigenvalue weighted by atomic mass is 9.97. The van der Waals surface area contributed by atoms with Crippen LogP contribution in [-0.2, 0) is 18.4 Å². The highest BCUT2D eigenvalue weighted by molar-refractivity contribution is 6.07. The largest absolute Gasteiger partial charge is 0.409 e. The average Bonchev–Trinajstić information content (AvgIpc) is 2.91. The maximum atomic E-state index is 12.3. The fourth-order valence-corrected chi connectivity index (χ4v) is 1.99. The van der Waals surface area contributed by atoms with Gasteiger partial charge in [-0.1, -0.05) is 35.5 Å². The quantitative estimate of drug-likeness (QED) is 0.323. The van der Waals surface area contributed by atoms with Gasteiger partial charge in [0.25, 0.3) is 0 Å². The summed E-state index contributed by atoms with van der Waals surface area (Å²) in [6.45, 7) is 0.268. The Morgan fingerprint density at radius 2 is 2.19 bits per heavy atom. The van der Waals surface area contributed by atoms with Crippen molar-refractivity contribution >= 4 is 11.7 Å². The molecule has 7 heteroatoms. The van der Waals surface area contributed by atoms with Crippen LogP contribution in [0.25, 0.3) is 0 Å². The molecule has 0 saturated heterocycles. The molecule has 1 heterocycles. The summed E-state index contributed by atoms with van der Waals surface area (Å²) in [6.07, 6.45) is 3.44. The second-order valence-corrected chi connectivity index (χ2v) is 4.54. The zero-order valence-corrected chi connectivity index (χ0v) is 11.6. The van der Waals surface area contributed by atoms with E-state index in [0.29, 0.717) is 5.56 Å². The Kier molecular flexibility index (Phi) is 4.55. The third-order valence-corrected chi connectivity index (χ3v) is 3.15. The Labute approximate surface area is 122 Å². The second-order valence-electron chi connectivity index (χ2n) is 4.54. The number of rotatable bonds is 5. The van der Waals surface area contributed by atoms with Crippen molar-refractivity contribution in [1.82, 2.24) is 14.9 Å². The van der Waals surface area contributed by atoms with Gasteiger partial charge in [-0.15, -0.1) is 0 Å². The van der Waals surface area contributed by atoms with Gasteiger partial charge in [0, 0.05) is 19.4 Å². The van der Waals surface area contributed by atoms with E-state index >= 15 is 0 Å². The van der Waals surface area contributed by atoms with E-state index in [1.165, 1.54) is 0 Å². The number of hydrogen-bond acceptors (Lipinski definition) is 4. The van der Waals surface area contributed by atoms with Crippen molar-refractivity contribution in [2.45, 2.75) is 12.5 Å². The Bertz CT molecular complexity index is 636. The third kappa shape index (κ3) is 3.38. The molecule has 0 aliphatic rings. The van der Waals surface area contributed by atoms with Gasteiger partial charge in [-0.05, 0) is 5.56 Å². The third-order valence-electron chi connectivity index (χ3n) is 3.15. The smallest absolute Gasteiger partial charge is 0.235 e. The number of oxime groups is 1. The summed E-state index contributed by atoms with van der Waals surface area (Å²) in [7, 11) is 1.84. The Morgan fingerprint density at radius 3 is 2.76 bits per heavy atom. The van der Waals surface area contributed by atoms with Gasteiger partial charge in [-0.2, -0.15) is 0 Å². The van der Waals surface area contributed by atoms with E-state index in [9.17, 15) is 4.79 Å². The van der Waals surface area contributed by atoms with E-state index in [-0.39, 0.29) is 18.3 Å². The molecular formula is C14H17N5O2. The number of aromatic nitrogens is 2. The molecule has 1 aromatic carbocycles. The van der Waals surface area contributed by atoms with Gasteiger partial charge in [0.1, 0.15) is 11.7 Å². The first-order valence-corrected chi connectivity index (χ1v) is 6.39. The van der Waals surface area contributed by atoms with Crippen LogP contribution in [0, 0.1) is 0 Å². The summed E-state index contributed by atoms with van der Waals surface area (Å²) in [5.74, 6) is -0.621. The number of aryl methyl sites for hydroxylation is 1. The molecule has 0 fully saturated rings. The zero-order valence-electron chi connectivity index (χ0n) is 11.6. The molecule has 0 spiro atoms. The van der Waals surface area contributed by atoms with Crippen molar-refractivity contribution in [3.63, 3.8) is 0 Å². The fourth-order valence-electron chi connectivity index (χ4n) is 1.99. The van der Waals surface area contributed by atoms with Crippen molar-refractivity contribution in [3.05, 3.63) is 54.1 Å². The summed E-state index contributed by atoms with van der Waals surface area (Å²) in [5.41, 5.74) is 6.30. The molecule has 2 rings (SSSR count). The standard InChI is InChI=1S/C14H17N5O2/c1-19-8-7-16-11(19)9-17-14(20)12(13(15)18-21)10-5-3-2-4-6-10/h2-8,12,21H,9H2,1H3,(H2,15,18)(H,17,20). The number of amides is 1. The van der Waals surface area contributed by atoms with Gasteiger partial charge < -0.3 is 20.8 Å². The molecular weight excluding hydrogens is 270 g/mol. The number of nitrogens with zero attached hydrogens (tertiary/aromatic N) is 3. The van der Waals surface area contributed by atoms with E-state index in [4.69, 9.17) is 10.9 Å². The monoisotopic (exact) mass is 287 g/mol. The lowest BCUT2D eigenvalue weighted by Crippen LogP contribution is -2.37.